The number of aryl methyl sites for hydroxylation is 1. The Balaban J connectivity index is 0.00000297. The third-order valence-corrected chi connectivity index (χ3v) is 9.78. The van der Waals surface area contributed by atoms with Crippen LogP contribution in [0.15, 0.2) is 78.9 Å². The van der Waals surface area contributed by atoms with Gasteiger partial charge >= 0.3 is 0 Å². The van der Waals surface area contributed by atoms with Gasteiger partial charge in [-0.3, -0.25) is 4.79 Å². The first-order chi connectivity index (χ1) is 25.0. The van der Waals surface area contributed by atoms with Gasteiger partial charge in [-0.25, -0.2) is 4.39 Å². The van der Waals surface area contributed by atoms with E-state index in [1.54, 1.807) is 18.2 Å². The molecule has 278 valence electrons. The number of fused-ring (bicyclic) bond motifs is 1. The fraction of sp³-hybridized carbons (Fsp3) is 0.386. The number of anilines is 3. The Bertz CT molecular complexity index is 1910. The van der Waals surface area contributed by atoms with Crippen LogP contribution in [0, 0.1) is 31.5 Å². The third-order valence-electron chi connectivity index (χ3n) is 9.78. The lowest BCUT2D eigenvalue weighted by atomic mass is 10.0. The van der Waals surface area contributed by atoms with Gasteiger partial charge in [-0.1, -0.05) is 66.2 Å². The molecule has 4 N–H and O–H groups in total. The molecule has 0 aliphatic carbocycles. The Morgan fingerprint density at radius 2 is 1.52 bits per heavy atom. The van der Waals surface area contributed by atoms with Crippen LogP contribution in [0.1, 0.15) is 82.4 Å². The number of benzene rings is 4. The molecule has 0 saturated carbocycles. The zero-order valence-electron chi connectivity index (χ0n) is 32.2. The molecule has 0 aliphatic heterocycles. The van der Waals surface area contributed by atoms with Crippen molar-refractivity contribution in [2.45, 2.75) is 81.2 Å². The standard InChI is InChI=1S/C42H51FN4O3.C2H6/c1-7-19-46(20-18-27(3)8-2)25-28(4)26-47-30(6)29(5)37-22-35(16-17-38(37)47)44-34-11-9-10-32(21-34)42(50)45-36-23-39(48)41(40(49)24-36)31-12-14-33(43)15-13-31;1-2/h9-17,21-24,27-28,44,48-49H,7-8,18-20,25-26H2,1-6H3,(H,45,50);1-2H3. The van der Waals surface area contributed by atoms with Crippen molar-refractivity contribution in [3.8, 4) is 22.6 Å². The zero-order valence-corrected chi connectivity index (χ0v) is 32.2. The number of rotatable bonds is 15. The SMILES string of the molecule is CC.CCCN(CCC(C)CC)CC(C)Cn1c(C)c(C)c2cc(Nc3cccc(C(=O)Nc4cc(O)c(-c5ccc(F)cc5)c(O)c4)c3)ccc21. The van der Waals surface area contributed by atoms with Crippen LogP contribution in [0.25, 0.3) is 22.0 Å². The van der Waals surface area contributed by atoms with Gasteiger partial charge in [0.15, 0.2) is 0 Å². The number of nitrogens with zero attached hydrogens (tertiary/aromatic N) is 2. The summed E-state index contributed by atoms with van der Waals surface area (Å²) < 4.78 is 15.8. The Hall–Kier alpha value is -4.82. The van der Waals surface area contributed by atoms with E-state index in [-0.39, 0.29) is 22.7 Å². The predicted octanol–water partition coefficient (Wildman–Crippen LogP) is 11.3. The molecule has 0 spiro atoms. The molecule has 0 radical (unpaired) electrons. The van der Waals surface area contributed by atoms with Gasteiger partial charge in [0.05, 0.1) is 5.56 Å². The van der Waals surface area contributed by atoms with E-state index in [0.717, 1.165) is 43.5 Å². The maximum absolute atomic E-state index is 13.4. The Morgan fingerprint density at radius 3 is 2.17 bits per heavy atom. The lowest BCUT2D eigenvalue weighted by Crippen LogP contribution is -2.32. The van der Waals surface area contributed by atoms with Gasteiger partial charge in [0.1, 0.15) is 17.3 Å². The van der Waals surface area contributed by atoms with E-state index >= 15 is 0 Å². The number of phenols is 2. The Morgan fingerprint density at radius 1 is 0.846 bits per heavy atom. The van der Waals surface area contributed by atoms with E-state index in [1.165, 1.54) is 77.8 Å². The van der Waals surface area contributed by atoms with E-state index in [4.69, 9.17) is 0 Å². The zero-order chi connectivity index (χ0) is 37.9. The normalized spacial score (nSPS) is 12.3. The lowest BCUT2D eigenvalue weighted by Gasteiger charge is -2.27. The minimum atomic E-state index is -0.421. The van der Waals surface area contributed by atoms with E-state index in [1.807, 2.05) is 19.9 Å². The molecule has 8 heteroatoms. The Labute approximate surface area is 309 Å². The molecule has 2 unspecified atom stereocenters. The molecule has 4 aromatic carbocycles. The second-order valence-electron chi connectivity index (χ2n) is 13.8. The van der Waals surface area contributed by atoms with Crippen molar-refractivity contribution in [1.82, 2.24) is 9.47 Å². The average Bonchev–Trinajstić information content (AvgIpc) is 3.36. The third kappa shape index (κ3) is 9.94. The number of aromatic hydroxyl groups is 2. The number of aromatic nitrogens is 1. The van der Waals surface area contributed by atoms with Gasteiger partial charge in [-0.05, 0) is 111 Å². The summed E-state index contributed by atoms with van der Waals surface area (Å²) in [6.45, 7) is 22.0. The van der Waals surface area contributed by atoms with Crippen LogP contribution >= 0.6 is 0 Å². The highest BCUT2D eigenvalue weighted by atomic mass is 19.1. The number of nitrogens with one attached hydrogen (secondary N) is 2. The smallest absolute Gasteiger partial charge is 0.255 e. The summed E-state index contributed by atoms with van der Waals surface area (Å²) in [5.74, 6) is -0.0118. The molecule has 52 heavy (non-hydrogen) atoms. The maximum Gasteiger partial charge on any atom is 0.255 e. The van der Waals surface area contributed by atoms with Crippen LogP contribution < -0.4 is 10.6 Å². The van der Waals surface area contributed by atoms with Crippen molar-refractivity contribution in [1.29, 1.82) is 0 Å². The van der Waals surface area contributed by atoms with Gasteiger partial charge in [0.2, 0.25) is 0 Å². The van der Waals surface area contributed by atoms with Gasteiger partial charge in [0, 0.05) is 64.4 Å². The molecule has 7 nitrogen and oxygen atoms in total. The fourth-order valence-electron chi connectivity index (χ4n) is 6.70. The van der Waals surface area contributed by atoms with Crippen LogP contribution in [0.3, 0.4) is 0 Å². The quantitative estimate of drug-likeness (QED) is 0.0869. The second kappa shape index (κ2) is 18.6. The molecule has 5 aromatic rings. The maximum atomic E-state index is 13.4. The van der Waals surface area contributed by atoms with Crippen LogP contribution in [0.2, 0.25) is 0 Å². The monoisotopic (exact) mass is 708 g/mol. The molecule has 5 rings (SSSR count). The molecule has 0 fully saturated rings. The van der Waals surface area contributed by atoms with Crippen molar-refractivity contribution in [3.63, 3.8) is 0 Å². The topological polar surface area (TPSA) is 89.8 Å². The summed E-state index contributed by atoms with van der Waals surface area (Å²) in [5, 5.41) is 28.7. The first-order valence-corrected chi connectivity index (χ1v) is 18.8. The number of carbonyl (C=O) groups is 1. The van der Waals surface area contributed by atoms with E-state index in [0.29, 0.717) is 17.0 Å². The number of phenolic OH excluding ortho intramolecular Hbond substituents is 2. The Kier molecular flexibility index (Phi) is 14.3. The number of amides is 1. The van der Waals surface area contributed by atoms with E-state index in [9.17, 15) is 19.4 Å². The molecule has 1 heterocycles. The van der Waals surface area contributed by atoms with Crippen LogP contribution in [0.4, 0.5) is 21.5 Å². The first-order valence-electron chi connectivity index (χ1n) is 18.8. The molecule has 0 saturated heterocycles. The molecule has 0 bridgehead atoms. The van der Waals surface area contributed by atoms with Gasteiger partial charge < -0.3 is 30.3 Å². The van der Waals surface area contributed by atoms with Crippen LogP contribution in [0.5, 0.6) is 11.5 Å². The summed E-state index contributed by atoms with van der Waals surface area (Å²) in [6.07, 6.45) is 3.65. The van der Waals surface area contributed by atoms with Gasteiger partial charge in [0.25, 0.3) is 5.91 Å². The summed E-state index contributed by atoms with van der Waals surface area (Å²) in [7, 11) is 0. The summed E-state index contributed by atoms with van der Waals surface area (Å²) >= 11 is 0. The highest BCUT2D eigenvalue weighted by Gasteiger charge is 2.18. The van der Waals surface area contributed by atoms with Gasteiger partial charge in [-0.15, -0.1) is 0 Å². The average molecular weight is 709 g/mol. The van der Waals surface area contributed by atoms with Crippen molar-refractivity contribution < 1.29 is 19.4 Å². The van der Waals surface area contributed by atoms with E-state index < -0.39 is 11.7 Å². The van der Waals surface area contributed by atoms with Crippen molar-refractivity contribution >= 4 is 33.9 Å². The number of hydrogen-bond donors (Lipinski definition) is 4. The molecule has 2 atom stereocenters. The molecular formula is C44H57FN4O3. The second-order valence-corrected chi connectivity index (χ2v) is 13.8. The number of halogens is 1. The van der Waals surface area contributed by atoms with Crippen LogP contribution in [-0.2, 0) is 6.54 Å². The fourth-order valence-corrected chi connectivity index (χ4v) is 6.70. The van der Waals surface area contributed by atoms with Crippen molar-refractivity contribution in [2.24, 2.45) is 11.8 Å². The summed E-state index contributed by atoms with van der Waals surface area (Å²) in [4.78, 5) is 15.9. The number of hydrogen-bond acceptors (Lipinski definition) is 5. The van der Waals surface area contributed by atoms with Gasteiger partial charge in [-0.2, -0.15) is 0 Å². The number of carbonyl (C=O) groups excluding carboxylic acids is 1. The largest absolute Gasteiger partial charge is 0.507 e. The molecular weight excluding hydrogens is 652 g/mol. The van der Waals surface area contributed by atoms with Crippen molar-refractivity contribution in [2.75, 3.05) is 30.3 Å². The summed E-state index contributed by atoms with van der Waals surface area (Å²) in [5.41, 5.74) is 6.71. The molecule has 1 amide bonds. The predicted molar refractivity (Wildman–Crippen MR) is 216 cm³/mol. The minimum Gasteiger partial charge on any atom is -0.507 e. The lowest BCUT2D eigenvalue weighted by molar-refractivity contribution is 0.102. The van der Waals surface area contributed by atoms with Crippen molar-refractivity contribution in [3.05, 3.63) is 102 Å². The minimum absolute atomic E-state index is 0.160. The molecule has 0 aliphatic rings. The van der Waals surface area contributed by atoms with E-state index in [2.05, 4.69) is 79.8 Å². The first kappa shape index (κ1) is 40.0. The summed E-state index contributed by atoms with van der Waals surface area (Å²) in [6, 6.07) is 21.8. The highest BCUT2D eigenvalue weighted by molar-refractivity contribution is 6.05. The highest BCUT2D eigenvalue weighted by Crippen LogP contribution is 2.40. The molecule has 1 aromatic heterocycles. The van der Waals surface area contributed by atoms with Crippen LogP contribution in [-0.4, -0.2) is 45.2 Å².